The van der Waals surface area contributed by atoms with E-state index >= 15 is 0 Å². The summed E-state index contributed by atoms with van der Waals surface area (Å²) in [5.74, 6) is -0.414. The summed E-state index contributed by atoms with van der Waals surface area (Å²) >= 11 is 0. The van der Waals surface area contributed by atoms with E-state index < -0.39 is 0 Å². The lowest BCUT2D eigenvalue weighted by atomic mass is 9.87. The van der Waals surface area contributed by atoms with Gasteiger partial charge in [-0.05, 0) is 47.4 Å². The number of nitrogens with one attached hydrogen (secondary N) is 1. The second-order valence-electron chi connectivity index (χ2n) is 6.47. The number of amides is 2. The molecule has 1 radical (unpaired) electrons. The van der Waals surface area contributed by atoms with Crippen LogP contribution in [0.1, 0.15) is 43.6 Å². The Balaban J connectivity index is 2.05. The zero-order valence-corrected chi connectivity index (χ0v) is 13.9. The van der Waals surface area contributed by atoms with Crippen LogP contribution < -0.4 is 10.6 Å². The Hall–Kier alpha value is -2.62. The van der Waals surface area contributed by atoms with Gasteiger partial charge in [-0.1, -0.05) is 32.9 Å². The molecule has 4 nitrogen and oxygen atoms in total. The number of anilines is 1. The zero-order chi connectivity index (χ0) is 17.0. The fraction of sp³-hybridized carbons (Fsp3) is 0.263. The molecule has 2 amide bonds. The lowest BCUT2D eigenvalue weighted by Crippen LogP contribution is -2.13. The molecule has 0 aliphatic carbocycles. The Morgan fingerprint density at radius 1 is 0.913 bits per heavy atom. The smallest absolute Gasteiger partial charge is 0.277 e. The van der Waals surface area contributed by atoms with Gasteiger partial charge in [0.2, 0.25) is 5.91 Å². The predicted octanol–water partition coefficient (Wildman–Crippen LogP) is 4.02. The van der Waals surface area contributed by atoms with Gasteiger partial charge in [-0.3, -0.25) is 9.59 Å². The summed E-state index contributed by atoms with van der Waals surface area (Å²) < 4.78 is 0. The van der Waals surface area contributed by atoms with Crippen LogP contribution in [0.25, 0.3) is 0 Å². The standard InChI is InChI=1S/C19H21N2O2/c1-13(22)20-16-9-11-17(12-10-16)21-18(23)14-5-7-15(8-6-14)19(2,3)4/h5-12H,1-4H3,(H,20,22). The molecule has 0 bridgehead atoms. The molecular weight excluding hydrogens is 288 g/mol. The quantitative estimate of drug-likeness (QED) is 0.931. The first-order valence-electron chi connectivity index (χ1n) is 7.50. The molecule has 0 saturated heterocycles. The van der Waals surface area contributed by atoms with Crippen LogP contribution in [0.3, 0.4) is 0 Å². The highest BCUT2D eigenvalue weighted by Crippen LogP contribution is 2.22. The summed E-state index contributed by atoms with van der Waals surface area (Å²) in [6, 6.07) is 14.4. The molecule has 0 fully saturated rings. The van der Waals surface area contributed by atoms with E-state index in [1.165, 1.54) is 12.5 Å². The van der Waals surface area contributed by atoms with Crippen LogP contribution in [0.2, 0.25) is 0 Å². The van der Waals surface area contributed by atoms with E-state index in [0.717, 1.165) is 0 Å². The summed E-state index contributed by atoms with van der Waals surface area (Å²) in [4.78, 5) is 23.2. The van der Waals surface area contributed by atoms with Crippen molar-refractivity contribution in [2.75, 3.05) is 5.32 Å². The largest absolute Gasteiger partial charge is 0.326 e. The van der Waals surface area contributed by atoms with Gasteiger partial charge in [-0.2, -0.15) is 0 Å². The van der Waals surface area contributed by atoms with Crippen molar-refractivity contribution in [2.24, 2.45) is 0 Å². The fourth-order valence-electron chi connectivity index (χ4n) is 2.12. The molecule has 23 heavy (non-hydrogen) atoms. The fourth-order valence-corrected chi connectivity index (χ4v) is 2.12. The molecule has 2 rings (SSSR count). The Morgan fingerprint density at radius 3 is 1.96 bits per heavy atom. The molecule has 0 saturated carbocycles. The van der Waals surface area contributed by atoms with E-state index in [9.17, 15) is 9.59 Å². The third-order valence-corrected chi connectivity index (χ3v) is 3.42. The maximum Gasteiger partial charge on any atom is 0.277 e. The molecular formula is C19H21N2O2. The van der Waals surface area contributed by atoms with E-state index in [4.69, 9.17) is 0 Å². The van der Waals surface area contributed by atoms with Gasteiger partial charge >= 0.3 is 0 Å². The first-order chi connectivity index (χ1) is 10.8. The highest BCUT2D eigenvalue weighted by atomic mass is 16.2. The van der Waals surface area contributed by atoms with Crippen molar-refractivity contribution >= 4 is 23.2 Å². The minimum Gasteiger partial charge on any atom is -0.326 e. The molecule has 0 unspecified atom stereocenters. The van der Waals surface area contributed by atoms with Crippen molar-refractivity contribution in [1.82, 2.24) is 5.32 Å². The van der Waals surface area contributed by atoms with Crippen LogP contribution in [0.15, 0.2) is 48.5 Å². The highest BCUT2D eigenvalue weighted by Gasteiger charge is 2.15. The number of carbonyl (C=O) groups is 2. The number of rotatable bonds is 3. The van der Waals surface area contributed by atoms with E-state index in [-0.39, 0.29) is 17.2 Å². The van der Waals surface area contributed by atoms with Gasteiger partial charge in [-0.15, -0.1) is 0 Å². The molecule has 0 aromatic heterocycles. The van der Waals surface area contributed by atoms with Crippen molar-refractivity contribution in [2.45, 2.75) is 33.1 Å². The number of hydrogen-bond acceptors (Lipinski definition) is 2. The summed E-state index contributed by atoms with van der Waals surface area (Å²) in [6.07, 6.45) is 0. The Bertz CT molecular complexity index is 696. The first-order valence-corrected chi connectivity index (χ1v) is 7.50. The summed E-state index contributed by atoms with van der Waals surface area (Å²) in [5.41, 5.74) is 3.03. The van der Waals surface area contributed by atoms with Crippen molar-refractivity contribution in [3.63, 3.8) is 0 Å². The summed E-state index contributed by atoms with van der Waals surface area (Å²) in [5, 5.41) is 6.76. The molecule has 2 aromatic rings. The minimum absolute atomic E-state index is 0.0538. The monoisotopic (exact) mass is 309 g/mol. The molecule has 0 spiro atoms. The Labute approximate surface area is 136 Å². The van der Waals surface area contributed by atoms with Crippen LogP contribution >= 0.6 is 0 Å². The van der Waals surface area contributed by atoms with E-state index in [0.29, 0.717) is 16.9 Å². The molecule has 0 aliphatic heterocycles. The Morgan fingerprint density at radius 2 is 1.48 bits per heavy atom. The predicted molar refractivity (Wildman–Crippen MR) is 92.0 cm³/mol. The van der Waals surface area contributed by atoms with Crippen molar-refractivity contribution < 1.29 is 9.59 Å². The lowest BCUT2D eigenvalue weighted by Gasteiger charge is -2.18. The zero-order valence-electron chi connectivity index (χ0n) is 13.9. The van der Waals surface area contributed by atoms with Gasteiger partial charge in [0, 0.05) is 18.2 Å². The van der Waals surface area contributed by atoms with Crippen LogP contribution in [0, 0.1) is 0 Å². The van der Waals surface area contributed by atoms with Crippen LogP contribution in [-0.4, -0.2) is 11.8 Å². The van der Waals surface area contributed by atoms with E-state index in [1.54, 1.807) is 36.4 Å². The number of hydrogen-bond donors (Lipinski definition) is 1. The molecule has 0 atom stereocenters. The second-order valence-corrected chi connectivity index (χ2v) is 6.47. The van der Waals surface area contributed by atoms with Crippen LogP contribution in [-0.2, 0) is 10.2 Å². The number of benzene rings is 2. The van der Waals surface area contributed by atoms with Crippen LogP contribution in [0.4, 0.5) is 11.4 Å². The maximum atomic E-state index is 12.2. The summed E-state index contributed by atoms with van der Waals surface area (Å²) in [7, 11) is 0. The number of carbonyl (C=O) groups excluding carboxylic acids is 2. The first kappa shape index (κ1) is 16.7. The molecule has 119 valence electrons. The lowest BCUT2D eigenvalue weighted by molar-refractivity contribution is -0.114. The summed E-state index contributed by atoms with van der Waals surface area (Å²) in [6.45, 7) is 7.84. The molecule has 1 N–H and O–H groups in total. The van der Waals surface area contributed by atoms with Gasteiger partial charge in [0.1, 0.15) is 0 Å². The second kappa shape index (κ2) is 6.65. The van der Waals surface area contributed by atoms with E-state index in [1.807, 2.05) is 12.1 Å². The third kappa shape index (κ3) is 4.68. The van der Waals surface area contributed by atoms with Gasteiger partial charge in [0.25, 0.3) is 5.91 Å². The molecule has 0 aliphatic rings. The highest BCUT2D eigenvalue weighted by molar-refractivity contribution is 5.97. The third-order valence-electron chi connectivity index (χ3n) is 3.42. The topological polar surface area (TPSA) is 60.3 Å². The average molecular weight is 309 g/mol. The molecule has 0 heterocycles. The van der Waals surface area contributed by atoms with Gasteiger partial charge in [-0.25, -0.2) is 5.32 Å². The molecule has 4 heteroatoms. The molecule has 2 aromatic carbocycles. The maximum absolute atomic E-state index is 12.2. The number of nitrogens with zero attached hydrogens (tertiary/aromatic N) is 1. The van der Waals surface area contributed by atoms with Gasteiger partial charge in [0.05, 0.1) is 5.69 Å². The Kier molecular flexibility index (Phi) is 4.84. The van der Waals surface area contributed by atoms with E-state index in [2.05, 4.69) is 31.4 Å². The van der Waals surface area contributed by atoms with Gasteiger partial charge < -0.3 is 5.32 Å². The SMILES string of the molecule is CC(=O)Nc1ccc([N]C(=O)c2ccc(C(C)(C)C)cc2)cc1. The van der Waals surface area contributed by atoms with Crippen molar-refractivity contribution in [3.05, 3.63) is 59.7 Å². The van der Waals surface area contributed by atoms with Crippen LogP contribution in [0.5, 0.6) is 0 Å². The van der Waals surface area contributed by atoms with Crippen molar-refractivity contribution in [3.8, 4) is 0 Å². The van der Waals surface area contributed by atoms with Crippen molar-refractivity contribution in [1.29, 1.82) is 0 Å². The van der Waals surface area contributed by atoms with Gasteiger partial charge in [0.15, 0.2) is 0 Å². The average Bonchev–Trinajstić information content (AvgIpc) is 2.48. The minimum atomic E-state index is -0.280. The normalized spacial score (nSPS) is 11.0.